The summed E-state index contributed by atoms with van der Waals surface area (Å²) in [4.78, 5) is 23.1. The van der Waals surface area contributed by atoms with Crippen LogP contribution in [0.25, 0.3) is 6.08 Å². The van der Waals surface area contributed by atoms with Gasteiger partial charge in [-0.15, -0.1) is 0 Å². The highest BCUT2D eigenvalue weighted by molar-refractivity contribution is 7.99. The van der Waals surface area contributed by atoms with Gasteiger partial charge in [0.05, 0.1) is 0 Å². The van der Waals surface area contributed by atoms with Gasteiger partial charge >= 0.3 is 5.97 Å². The van der Waals surface area contributed by atoms with Gasteiger partial charge in [-0.1, -0.05) is 23.9 Å². The molecular formula is C19H14F2N2O4S. The number of thioether (sulfide) groups is 1. The van der Waals surface area contributed by atoms with Gasteiger partial charge in [-0.3, -0.25) is 4.79 Å². The molecule has 0 spiro atoms. The van der Waals surface area contributed by atoms with E-state index in [0.29, 0.717) is 33.7 Å². The molecule has 0 atom stereocenters. The van der Waals surface area contributed by atoms with Crippen LogP contribution in [0.5, 0.6) is 5.75 Å². The summed E-state index contributed by atoms with van der Waals surface area (Å²) >= 11 is 0.392. The largest absolute Gasteiger partial charge is 0.482 e. The van der Waals surface area contributed by atoms with Crippen molar-refractivity contribution in [2.24, 2.45) is 0 Å². The minimum absolute atomic E-state index is 0.162. The minimum atomic E-state index is -2.53. The minimum Gasteiger partial charge on any atom is -0.482 e. The average Bonchev–Trinajstić information content (AvgIpc) is 2.66. The number of nitriles is 1. The zero-order valence-corrected chi connectivity index (χ0v) is 15.1. The van der Waals surface area contributed by atoms with Crippen molar-refractivity contribution in [2.75, 3.05) is 11.9 Å². The smallest absolute Gasteiger partial charge is 0.341 e. The molecule has 1 amide bonds. The first kappa shape index (κ1) is 20.9. The van der Waals surface area contributed by atoms with Crippen molar-refractivity contribution < 1.29 is 28.2 Å². The average molecular weight is 404 g/mol. The van der Waals surface area contributed by atoms with Crippen LogP contribution >= 0.6 is 11.8 Å². The summed E-state index contributed by atoms with van der Waals surface area (Å²) in [6.07, 6.45) is 1.36. The number of carboxylic acids is 1. The number of hydrogen-bond acceptors (Lipinski definition) is 5. The van der Waals surface area contributed by atoms with E-state index in [1.807, 2.05) is 0 Å². The Balaban J connectivity index is 2.04. The molecule has 2 N–H and O–H groups in total. The Labute approximate surface area is 163 Å². The molecule has 0 radical (unpaired) electrons. The molecule has 0 aliphatic heterocycles. The second-order valence-corrected chi connectivity index (χ2v) is 6.34. The Kier molecular flexibility index (Phi) is 7.54. The van der Waals surface area contributed by atoms with Crippen LogP contribution in [0.1, 0.15) is 5.56 Å². The first-order chi connectivity index (χ1) is 13.4. The molecule has 0 heterocycles. The maximum absolute atomic E-state index is 12.3. The molecule has 0 unspecified atom stereocenters. The van der Waals surface area contributed by atoms with Gasteiger partial charge in [0.2, 0.25) is 0 Å². The fourth-order valence-electron chi connectivity index (χ4n) is 2.04. The summed E-state index contributed by atoms with van der Waals surface area (Å²) < 4.78 is 29.6. The second-order valence-electron chi connectivity index (χ2n) is 5.28. The molecule has 0 aliphatic carbocycles. The van der Waals surface area contributed by atoms with Gasteiger partial charge in [0.15, 0.2) is 6.61 Å². The predicted molar refractivity (Wildman–Crippen MR) is 100 cm³/mol. The molecule has 2 aromatic rings. The normalized spacial score (nSPS) is 11.0. The van der Waals surface area contributed by atoms with Crippen LogP contribution in [0.3, 0.4) is 0 Å². The van der Waals surface area contributed by atoms with E-state index in [9.17, 15) is 23.6 Å². The number of nitrogens with zero attached hydrogens (tertiary/aromatic N) is 1. The number of nitrogens with one attached hydrogen (secondary N) is 1. The van der Waals surface area contributed by atoms with Crippen molar-refractivity contribution >= 4 is 35.4 Å². The summed E-state index contributed by atoms with van der Waals surface area (Å²) in [7, 11) is 0. The second kappa shape index (κ2) is 10.1. The van der Waals surface area contributed by atoms with Crippen LogP contribution < -0.4 is 10.1 Å². The van der Waals surface area contributed by atoms with Crippen LogP contribution in [0.2, 0.25) is 0 Å². The highest BCUT2D eigenvalue weighted by Gasteiger charge is 2.11. The van der Waals surface area contributed by atoms with Gasteiger partial charge < -0.3 is 15.2 Å². The van der Waals surface area contributed by atoms with Crippen LogP contribution in [-0.2, 0) is 9.59 Å². The zero-order valence-electron chi connectivity index (χ0n) is 14.3. The molecule has 144 valence electrons. The summed E-state index contributed by atoms with van der Waals surface area (Å²) in [5.41, 5.74) is 0.741. The maximum atomic E-state index is 12.3. The molecule has 0 bridgehead atoms. The Bertz CT molecular complexity index is 907. The molecule has 0 fully saturated rings. The Hall–Kier alpha value is -3.38. The van der Waals surface area contributed by atoms with Crippen molar-refractivity contribution in [1.29, 1.82) is 5.26 Å². The molecule has 0 aromatic heterocycles. The van der Waals surface area contributed by atoms with Gasteiger partial charge in [-0.05, 0) is 48.0 Å². The van der Waals surface area contributed by atoms with E-state index >= 15 is 0 Å². The molecular weight excluding hydrogens is 390 g/mol. The molecule has 9 heteroatoms. The number of rotatable bonds is 8. The van der Waals surface area contributed by atoms with Gasteiger partial charge in [0.25, 0.3) is 11.7 Å². The van der Waals surface area contributed by atoms with Crippen LogP contribution in [-0.4, -0.2) is 29.3 Å². The predicted octanol–water partition coefficient (Wildman–Crippen LogP) is 4.01. The number of benzene rings is 2. The highest BCUT2D eigenvalue weighted by atomic mass is 32.2. The number of alkyl halides is 2. The molecule has 2 rings (SSSR count). The maximum Gasteiger partial charge on any atom is 0.341 e. The van der Waals surface area contributed by atoms with Gasteiger partial charge in [0.1, 0.15) is 17.4 Å². The van der Waals surface area contributed by atoms with Crippen LogP contribution in [0.15, 0.2) is 59.0 Å². The fourth-order valence-corrected chi connectivity index (χ4v) is 2.54. The summed E-state index contributed by atoms with van der Waals surface area (Å²) in [6, 6.07) is 13.8. The molecule has 0 saturated carbocycles. The third-order valence-corrected chi connectivity index (χ3v) is 3.98. The van der Waals surface area contributed by atoms with E-state index < -0.39 is 24.2 Å². The lowest BCUT2D eigenvalue weighted by Gasteiger charge is -2.06. The number of carboxylic acid groups (broad SMARTS) is 1. The van der Waals surface area contributed by atoms with E-state index in [1.165, 1.54) is 42.5 Å². The third-order valence-electron chi connectivity index (χ3n) is 3.26. The van der Waals surface area contributed by atoms with Crippen LogP contribution in [0.4, 0.5) is 14.5 Å². The lowest BCUT2D eigenvalue weighted by Crippen LogP contribution is -2.13. The van der Waals surface area contributed by atoms with E-state index in [4.69, 9.17) is 9.84 Å². The number of carbonyl (C=O) groups excluding carboxylic acids is 1. The van der Waals surface area contributed by atoms with Crippen LogP contribution in [0, 0.1) is 11.3 Å². The molecule has 0 aliphatic rings. The zero-order chi connectivity index (χ0) is 20.5. The SMILES string of the molecule is N#C/C(=C\c1ccc(OCC(=O)O)cc1)C(=O)Nc1ccc(SC(F)F)cc1. The van der Waals surface area contributed by atoms with E-state index in [2.05, 4.69) is 5.32 Å². The Morgan fingerprint density at radius 2 is 1.82 bits per heavy atom. The van der Waals surface area contributed by atoms with E-state index in [-0.39, 0.29) is 5.57 Å². The van der Waals surface area contributed by atoms with Crippen molar-refractivity contribution in [1.82, 2.24) is 0 Å². The highest BCUT2D eigenvalue weighted by Crippen LogP contribution is 2.26. The summed E-state index contributed by atoms with van der Waals surface area (Å²) in [5.74, 6) is -3.95. The first-order valence-corrected chi connectivity index (χ1v) is 8.68. The third kappa shape index (κ3) is 6.74. The quantitative estimate of drug-likeness (QED) is 0.392. The number of carbonyl (C=O) groups is 2. The number of halogens is 2. The molecule has 28 heavy (non-hydrogen) atoms. The fraction of sp³-hybridized carbons (Fsp3) is 0.105. The monoisotopic (exact) mass is 404 g/mol. The van der Waals surface area contributed by atoms with E-state index in [1.54, 1.807) is 18.2 Å². The van der Waals surface area contributed by atoms with Crippen molar-refractivity contribution in [3.8, 4) is 11.8 Å². The van der Waals surface area contributed by atoms with E-state index in [0.717, 1.165) is 0 Å². The van der Waals surface area contributed by atoms with Crippen molar-refractivity contribution in [3.63, 3.8) is 0 Å². The molecule has 2 aromatic carbocycles. The number of aliphatic carboxylic acids is 1. The topological polar surface area (TPSA) is 99.4 Å². The summed E-state index contributed by atoms with van der Waals surface area (Å²) in [5, 5.41) is 20.3. The molecule has 6 nitrogen and oxygen atoms in total. The van der Waals surface area contributed by atoms with Crippen molar-refractivity contribution in [2.45, 2.75) is 10.7 Å². The number of ether oxygens (including phenoxy) is 1. The lowest BCUT2D eigenvalue weighted by atomic mass is 10.1. The van der Waals surface area contributed by atoms with Gasteiger partial charge in [-0.2, -0.15) is 14.0 Å². The standard InChI is InChI=1S/C19H14F2N2O4S/c20-19(21)28-16-7-3-14(4-8-16)23-18(26)13(10-22)9-12-1-5-15(6-2-12)27-11-17(24)25/h1-9,19H,11H2,(H,23,26)(H,24,25)/b13-9+. The molecule has 0 saturated heterocycles. The number of hydrogen-bond donors (Lipinski definition) is 2. The number of anilines is 1. The first-order valence-electron chi connectivity index (χ1n) is 7.80. The van der Waals surface area contributed by atoms with Crippen molar-refractivity contribution in [3.05, 3.63) is 59.7 Å². The Morgan fingerprint density at radius 1 is 1.18 bits per heavy atom. The van der Waals surface area contributed by atoms with Gasteiger partial charge in [-0.25, -0.2) is 4.79 Å². The number of amides is 1. The summed E-state index contributed by atoms with van der Waals surface area (Å²) in [6.45, 7) is -0.477. The lowest BCUT2D eigenvalue weighted by molar-refractivity contribution is -0.139. The van der Waals surface area contributed by atoms with Gasteiger partial charge in [0, 0.05) is 10.6 Å². The Morgan fingerprint density at radius 3 is 2.36 bits per heavy atom.